The Morgan fingerprint density at radius 2 is 1.55 bits per heavy atom. The summed E-state index contributed by atoms with van der Waals surface area (Å²) in [5.74, 6) is 0.482. The fraction of sp³-hybridized carbons (Fsp3) is 0.125. The molecule has 0 bridgehead atoms. The topological polar surface area (TPSA) is 74.8 Å². The summed E-state index contributed by atoms with van der Waals surface area (Å²) in [4.78, 5) is 33.8. The summed E-state index contributed by atoms with van der Waals surface area (Å²) in [7, 11) is 0. The number of benzene rings is 3. The molecule has 0 aliphatic heterocycles. The third-order valence-corrected chi connectivity index (χ3v) is 5.47. The first-order valence-corrected chi connectivity index (χ1v) is 9.59. The van der Waals surface area contributed by atoms with Gasteiger partial charge < -0.3 is 10.3 Å². The minimum Gasteiger partial charge on any atom is -0.340 e. The standard InChI is InChI=1S/C24H19N3O2/c1-14-6-2-3-7-15(14)12-25-13-20-26-19-11-10-18-21(22(19)27-20)24(29)17-9-5-4-8-16(17)23(18)28/h2-11,25H,12-13H2,1H3,(H,26,27). The molecule has 0 amide bonds. The van der Waals surface area contributed by atoms with Crippen molar-refractivity contribution in [3.8, 4) is 0 Å². The van der Waals surface area contributed by atoms with Gasteiger partial charge in [0.15, 0.2) is 11.6 Å². The third-order valence-electron chi connectivity index (χ3n) is 5.47. The molecule has 142 valence electrons. The fourth-order valence-corrected chi connectivity index (χ4v) is 3.92. The zero-order valence-electron chi connectivity index (χ0n) is 16.0. The van der Waals surface area contributed by atoms with Crippen molar-refractivity contribution in [1.82, 2.24) is 15.3 Å². The Morgan fingerprint density at radius 3 is 2.34 bits per heavy atom. The Bertz CT molecular complexity index is 1290. The SMILES string of the molecule is Cc1ccccc1CNCc1nc2ccc3c(c2[nH]1)C(=O)c1ccccc1C3=O. The molecule has 0 unspecified atom stereocenters. The molecule has 0 radical (unpaired) electrons. The first-order valence-electron chi connectivity index (χ1n) is 9.59. The van der Waals surface area contributed by atoms with Crippen LogP contribution in [0.25, 0.3) is 11.0 Å². The van der Waals surface area contributed by atoms with Crippen LogP contribution >= 0.6 is 0 Å². The maximum absolute atomic E-state index is 13.1. The van der Waals surface area contributed by atoms with Crippen molar-refractivity contribution in [2.45, 2.75) is 20.0 Å². The first-order chi connectivity index (χ1) is 14.1. The van der Waals surface area contributed by atoms with E-state index in [-0.39, 0.29) is 11.6 Å². The van der Waals surface area contributed by atoms with E-state index in [0.717, 1.165) is 12.4 Å². The van der Waals surface area contributed by atoms with Gasteiger partial charge in [-0.15, -0.1) is 0 Å². The van der Waals surface area contributed by atoms with Gasteiger partial charge in [-0.1, -0.05) is 48.5 Å². The number of imidazole rings is 1. The second-order valence-electron chi connectivity index (χ2n) is 7.30. The minimum atomic E-state index is -0.135. The van der Waals surface area contributed by atoms with E-state index in [4.69, 9.17) is 0 Å². The number of rotatable bonds is 4. The van der Waals surface area contributed by atoms with Crippen LogP contribution in [0, 0.1) is 6.92 Å². The van der Waals surface area contributed by atoms with Gasteiger partial charge in [-0.3, -0.25) is 9.59 Å². The van der Waals surface area contributed by atoms with Crippen LogP contribution in [0.5, 0.6) is 0 Å². The van der Waals surface area contributed by atoms with E-state index in [1.165, 1.54) is 11.1 Å². The summed E-state index contributed by atoms with van der Waals surface area (Å²) in [6.07, 6.45) is 0. The first kappa shape index (κ1) is 17.5. The molecule has 0 fully saturated rings. The van der Waals surface area contributed by atoms with Crippen LogP contribution in [0.4, 0.5) is 0 Å². The molecular weight excluding hydrogens is 362 g/mol. The van der Waals surface area contributed by atoms with Gasteiger partial charge in [0, 0.05) is 23.2 Å². The number of nitrogens with one attached hydrogen (secondary N) is 2. The lowest BCUT2D eigenvalue weighted by atomic mass is 9.83. The normalized spacial score (nSPS) is 12.9. The number of carbonyl (C=O) groups is 2. The van der Waals surface area contributed by atoms with Crippen molar-refractivity contribution in [1.29, 1.82) is 0 Å². The van der Waals surface area contributed by atoms with Gasteiger partial charge in [0.05, 0.1) is 23.1 Å². The maximum Gasteiger partial charge on any atom is 0.196 e. The molecule has 5 heteroatoms. The van der Waals surface area contributed by atoms with E-state index < -0.39 is 0 Å². The zero-order valence-corrected chi connectivity index (χ0v) is 16.0. The molecule has 1 aliphatic rings. The van der Waals surface area contributed by atoms with E-state index >= 15 is 0 Å². The minimum absolute atomic E-state index is 0.120. The summed E-state index contributed by atoms with van der Waals surface area (Å²) >= 11 is 0. The molecule has 0 spiro atoms. The Morgan fingerprint density at radius 1 is 0.828 bits per heavy atom. The predicted octanol–water partition coefficient (Wildman–Crippen LogP) is 3.94. The van der Waals surface area contributed by atoms with Gasteiger partial charge >= 0.3 is 0 Å². The van der Waals surface area contributed by atoms with Crippen LogP contribution in [-0.4, -0.2) is 21.5 Å². The lowest BCUT2D eigenvalue weighted by Gasteiger charge is -2.17. The van der Waals surface area contributed by atoms with Crippen LogP contribution in [0.3, 0.4) is 0 Å². The molecule has 0 saturated carbocycles. The molecule has 5 rings (SSSR count). The van der Waals surface area contributed by atoms with Gasteiger partial charge in [0.25, 0.3) is 0 Å². The van der Waals surface area contributed by atoms with Crippen molar-refractivity contribution in [2.24, 2.45) is 0 Å². The molecule has 1 heterocycles. The fourth-order valence-electron chi connectivity index (χ4n) is 3.92. The largest absolute Gasteiger partial charge is 0.340 e. The van der Waals surface area contributed by atoms with E-state index in [1.54, 1.807) is 36.4 Å². The number of H-pyrrole nitrogens is 1. The molecule has 3 aromatic carbocycles. The number of carbonyl (C=O) groups excluding carboxylic acids is 2. The number of fused-ring (bicyclic) bond motifs is 4. The van der Waals surface area contributed by atoms with Gasteiger partial charge in [0.2, 0.25) is 0 Å². The van der Waals surface area contributed by atoms with Crippen LogP contribution < -0.4 is 5.32 Å². The summed E-state index contributed by atoms with van der Waals surface area (Å²) in [6.45, 7) is 3.36. The Balaban J connectivity index is 1.47. The van der Waals surface area contributed by atoms with E-state index in [2.05, 4.69) is 34.3 Å². The van der Waals surface area contributed by atoms with E-state index in [1.807, 2.05) is 12.1 Å². The van der Waals surface area contributed by atoms with Gasteiger partial charge in [-0.25, -0.2) is 4.98 Å². The molecule has 29 heavy (non-hydrogen) atoms. The molecule has 4 aromatic rings. The van der Waals surface area contributed by atoms with Crippen molar-refractivity contribution >= 4 is 22.6 Å². The highest BCUT2D eigenvalue weighted by molar-refractivity contribution is 6.31. The third kappa shape index (κ3) is 2.87. The second-order valence-corrected chi connectivity index (χ2v) is 7.30. The number of aromatic nitrogens is 2. The smallest absolute Gasteiger partial charge is 0.196 e. The summed E-state index contributed by atoms with van der Waals surface area (Å²) < 4.78 is 0. The van der Waals surface area contributed by atoms with Crippen LogP contribution in [0.1, 0.15) is 48.8 Å². The number of hydrogen-bond donors (Lipinski definition) is 2. The highest BCUT2D eigenvalue weighted by Crippen LogP contribution is 2.31. The summed E-state index contributed by atoms with van der Waals surface area (Å²) in [5.41, 5.74) is 5.56. The Kier molecular flexibility index (Phi) is 4.11. The van der Waals surface area contributed by atoms with E-state index in [9.17, 15) is 9.59 Å². The average Bonchev–Trinajstić information content (AvgIpc) is 3.16. The van der Waals surface area contributed by atoms with E-state index in [0.29, 0.717) is 39.8 Å². The second kappa shape index (κ2) is 6.79. The molecule has 0 atom stereocenters. The van der Waals surface area contributed by atoms with Crippen molar-refractivity contribution in [3.63, 3.8) is 0 Å². The monoisotopic (exact) mass is 381 g/mol. The molecule has 5 nitrogen and oxygen atoms in total. The number of aryl methyl sites for hydroxylation is 1. The highest BCUT2D eigenvalue weighted by Gasteiger charge is 2.31. The zero-order chi connectivity index (χ0) is 20.0. The predicted molar refractivity (Wildman–Crippen MR) is 111 cm³/mol. The van der Waals surface area contributed by atoms with Crippen molar-refractivity contribution in [2.75, 3.05) is 0 Å². The summed E-state index contributed by atoms with van der Waals surface area (Å²) in [5, 5.41) is 3.39. The lowest BCUT2D eigenvalue weighted by molar-refractivity contribution is 0.0980. The molecular formula is C24H19N3O2. The molecule has 1 aliphatic carbocycles. The van der Waals surface area contributed by atoms with Crippen LogP contribution in [0.15, 0.2) is 60.7 Å². The number of nitrogens with zero attached hydrogens (tertiary/aromatic N) is 1. The van der Waals surface area contributed by atoms with Crippen molar-refractivity contribution < 1.29 is 9.59 Å². The number of aromatic amines is 1. The molecule has 1 aromatic heterocycles. The van der Waals surface area contributed by atoms with Gasteiger partial charge in [-0.2, -0.15) is 0 Å². The van der Waals surface area contributed by atoms with Crippen LogP contribution in [0.2, 0.25) is 0 Å². The number of hydrogen-bond acceptors (Lipinski definition) is 4. The molecule has 2 N–H and O–H groups in total. The van der Waals surface area contributed by atoms with Gasteiger partial charge in [0.1, 0.15) is 5.82 Å². The lowest BCUT2D eigenvalue weighted by Crippen LogP contribution is -2.21. The number of ketones is 2. The maximum atomic E-state index is 13.1. The van der Waals surface area contributed by atoms with Crippen LogP contribution in [-0.2, 0) is 13.1 Å². The van der Waals surface area contributed by atoms with Gasteiger partial charge in [-0.05, 0) is 30.2 Å². The van der Waals surface area contributed by atoms with Crippen molar-refractivity contribution in [3.05, 3.63) is 99.9 Å². The Hall–Kier alpha value is -3.57. The summed E-state index contributed by atoms with van der Waals surface area (Å²) in [6, 6.07) is 18.7. The quantitative estimate of drug-likeness (QED) is 0.495. The Labute approximate surface area is 167 Å². The molecule has 0 saturated heterocycles. The highest BCUT2D eigenvalue weighted by atomic mass is 16.1. The average molecular weight is 381 g/mol.